The van der Waals surface area contributed by atoms with Crippen LogP contribution in [0.3, 0.4) is 0 Å². The summed E-state index contributed by atoms with van der Waals surface area (Å²) in [6.45, 7) is 3.56. The van der Waals surface area contributed by atoms with Crippen LogP contribution in [0, 0.1) is 0 Å². The van der Waals surface area contributed by atoms with Gasteiger partial charge in [0.25, 0.3) is 0 Å². The maximum atomic E-state index is 12.3. The molecule has 1 aromatic heterocycles. The third kappa shape index (κ3) is 3.10. The minimum Gasteiger partial charge on any atom is -0.355 e. The van der Waals surface area contributed by atoms with Gasteiger partial charge in [-0.2, -0.15) is 0 Å². The maximum absolute atomic E-state index is 12.3. The fourth-order valence-corrected chi connectivity index (χ4v) is 3.04. The topological polar surface area (TPSA) is 49.4 Å². The highest BCUT2D eigenvalue weighted by molar-refractivity contribution is 7.18. The molecule has 1 aromatic rings. The van der Waals surface area contributed by atoms with E-state index in [0.717, 1.165) is 13.0 Å². The van der Waals surface area contributed by atoms with Crippen LogP contribution in [0.1, 0.15) is 23.0 Å². The highest BCUT2D eigenvalue weighted by Crippen LogP contribution is 2.23. The van der Waals surface area contributed by atoms with Crippen molar-refractivity contribution in [2.24, 2.45) is 0 Å². The summed E-state index contributed by atoms with van der Waals surface area (Å²) in [7, 11) is 0. The second-order valence-electron chi connectivity index (χ2n) is 4.32. The zero-order valence-electron chi connectivity index (χ0n) is 10.1. The smallest absolute Gasteiger partial charge is 0.234 e. The normalized spacial score (nSPS) is 19.1. The van der Waals surface area contributed by atoms with Gasteiger partial charge < -0.3 is 5.32 Å². The Labute approximate surface area is 115 Å². The fraction of sp³-hybridized carbons (Fsp3) is 0.500. The molecule has 1 saturated heterocycles. The maximum Gasteiger partial charge on any atom is 0.234 e. The molecule has 0 saturated carbocycles. The molecule has 0 radical (unpaired) electrons. The number of carbonyl (C=O) groups is 2. The van der Waals surface area contributed by atoms with Crippen LogP contribution in [-0.2, 0) is 4.79 Å². The second-order valence-corrected chi connectivity index (χ2v) is 6.03. The number of halogens is 1. The van der Waals surface area contributed by atoms with Crippen LogP contribution in [-0.4, -0.2) is 42.3 Å². The molecule has 0 bridgehead atoms. The van der Waals surface area contributed by atoms with Gasteiger partial charge >= 0.3 is 0 Å². The molecule has 6 heteroatoms. The van der Waals surface area contributed by atoms with E-state index >= 15 is 0 Å². The molecule has 1 atom stereocenters. The first-order valence-corrected chi connectivity index (χ1v) is 7.07. The molecule has 4 nitrogen and oxygen atoms in total. The predicted octanol–water partition coefficient (Wildman–Crippen LogP) is 1.79. The molecular weight excluding hydrogens is 272 g/mol. The number of hydrogen-bond donors (Lipinski definition) is 1. The average Bonchev–Trinajstić information content (AvgIpc) is 2.65. The molecule has 2 heterocycles. The first kappa shape index (κ1) is 13.5. The zero-order chi connectivity index (χ0) is 13.1. The number of carbonyl (C=O) groups excluding carboxylic acids is 2. The van der Waals surface area contributed by atoms with Crippen LogP contribution in [0.25, 0.3) is 0 Å². The third-order valence-electron chi connectivity index (χ3n) is 3.03. The van der Waals surface area contributed by atoms with E-state index in [0.29, 0.717) is 15.8 Å². The summed E-state index contributed by atoms with van der Waals surface area (Å²) >= 11 is 7.12. The first-order chi connectivity index (χ1) is 8.58. The molecule has 1 N–H and O–H groups in total. The monoisotopic (exact) mass is 286 g/mol. The number of rotatable bonds is 3. The minimum absolute atomic E-state index is 0.0173. The van der Waals surface area contributed by atoms with Crippen LogP contribution in [0.4, 0.5) is 0 Å². The molecule has 2 rings (SSSR count). The Kier molecular flexibility index (Phi) is 4.37. The van der Waals surface area contributed by atoms with Crippen molar-refractivity contribution in [2.75, 3.05) is 19.6 Å². The van der Waals surface area contributed by atoms with Gasteiger partial charge in [-0.05, 0) is 25.5 Å². The van der Waals surface area contributed by atoms with Crippen molar-refractivity contribution in [3.8, 4) is 0 Å². The van der Waals surface area contributed by atoms with Gasteiger partial charge in [0, 0.05) is 13.1 Å². The average molecular weight is 287 g/mol. The summed E-state index contributed by atoms with van der Waals surface area (Å²) in [5, 5.41) is 2.80. The van der Waals surface area contributed by atoms with E-state index in [-0.39, 0.29) is 24.3 Å². The molecular formula is C12H15ClN2O2S. The molecule has 1 unspecified atom stereocenters. The minimum atomic E-state index is -0.288. The Balaban J connectivity index is 2.07. The molecule has 18 heavy (non-hydrogen) atoms. The van der Waals surface area contributed by atoms with Crippen LogP contribution >= 0.6 is 22.9 Å². The van der Waals surface area contributed by atoms with Gasteiger partial charge in [0.15, 0.2) is 5.78 Å². The summed E-state index contributed by atoms with van der Waals surface area (Å²) in [4.78, 5) is 26.3. The number of thiophene rings is 1. The molecule has 1 aliphatic heterocycles. The summed E-state index contributed by atoms with van der Waals surface area (Å²) in [5.74, 6) is 0.0120. The van der Waals surface area contributed by atoms with E-state index < -0.39 is 0 Å². The molecule has 0 aromatic carbocycles. The van der Waals surface area contributed by atoms with Gasteiger partial charge in [-0.1, -0.05) is 11.6 Å². The lowest BCUT2D eigenvalue weighted by Gasteiger charge is -2.24. The van der Waals surface area contributed by atoms with E-state index in [4.69, 9.17) is 11.6 Å². The number of amides is 1. The number of nitrogens with one attached hydrogen (secondary N) is 1. The standard InChI is InChI=1S/C12H15ClN2O2S/c1-8(12(17)9-3-4-10(13)18-9)15-6-2-5-14-11(16)7-15/h3-4,8H,2,5-7H2,1H3,(H,14,16). The number of nitrogens with zero attached hydrogens (tertiary/aromatic N) is 1. The van der Waals surface area contributed by atoms with Crippen molar-refractivity contribution in [1.29, 1.82) is 0 Å². The molecule has 1 amide bonds. The van der Waals surface area contributed by atoms with Gasteiger partial charge in [0.1, 0.15) is 0 Å². The lowest BCUT2D eigenvalue weighted by Crippen LogP contribution is -2.42. The highest BCUT2D eigenvalue weighted by atomic mass is 35.5. The van der Waals surface area contributed by atoms with E-state index in [9.17, 15) is 9.59 Å². The van der Waals surface area contributed by atoms with Gasteiger partial charge in [-0.3, -0.25) is 14.5 Å². The van der Waals surface area contributed by atoms with Crippen LogP contribution in [0.2, 0.25) is 4.34 Å². The highest BCUT2D eigenvalue weighted by Gasteiger charge is 2.26. The molecule has 1 aliphatic rings. The van der Waals surface area contributed by atoms with Gasteiger partial charge in [-0.25, -0.2) is 0 Å². The van der Waals surface area contributed by atoms with E-state index in [1.165, 1.54) is 11.3 Å². The van der Waals surface area contributed by atoms with Gasteiger partial charge in [-0.15, -0.1) is 11.3 Å². The Morgan fingerprint density at radius 1 is 1.56 bits per heavy atom. The quantitative estimate of drug-likeness (QED) is 0.862. The lowest BCUT2D eigenvalue weighted by atomic mass is 10.1. The second kappa shape index (κ2) is 5.82. The number of ketones is 1. The fourth-order valence-electron chi connectivity index (χ4n) is 1.98. The van der Waals surface area contributed by atoms with Gasteiger partial charge in [0.05, 0.1) is 21.8 Å². The molecule has 0 aliphatic carbocycles. The van der Waals surface area contributed by atoms with Crippen molar-refractivity contribution in [1.82, 2.24) is 10.2 Å². The third-order valence-corrected chi connectivity index (χ3v) is 4.28. The Morgan fingerprint density at radius 3 is 3.00 bits per heavy atom. The summed E-state index contributed by atoms with van der Waals surface area (Å²) in [5.41, 5.74) is 0. The Bertz CT molecular complexity index is 461. The molecule has 0 spiro atoms. The lowest BCUT2D eigenvalue weighted by molar-refractivity contribution is -0.121. The van der Waals surface area contributed by atoms with Crippen LogP contribution in [0.5, 0.6) is 0 Å². The summed E-state index contributed by atoms with van der Waals surface area (Å²) < 4.78 is 0.610. The van der Waals surface area contributed by atoms with E-state index in [1.807, 2.05) is 11.8 Å². The van der Waals surface area contributed by atoms with E-state index in [1.54, 1.807) is 12.1 Å². The molecule has 98 valence electrons. The summed E-state index contributed by atoms with van der Waals surface area (Å²) in [6.07, 6.45) is 0.870. The van der Waals surface area contributed by atoms with Crippen LogP contribution < -0.4 is 5.32 Å². The number of Topliss-reactive ketones (excluding diaryl/α,β-unsaturated/α-hetero) is 1. The van der Waals surface area contributed by atoms with Crippen molar-refractivity contribution >= 4 is 34.6 Å². The Morgan fingerprint density at radius 2 is 2.33 bits per heavy atom. The van der Waals surface area contributed by atoms with Crippen molar-refractivity contribution in [3.63, 3.8) is 0 Å². The molecule has 1 fully saturated rings. The van der Waals surface area contributed by atoms with Crippen molar-refractivity contribution in [2.45, 2.75) is 19.4 Å². The van der Waals surface area contributed by atoms with Crippen molar-refractivity contribution in [3.05, 3.63) is 21.3 Å². The van der Waals surface area contributed by atoms with Crippen LogP contribution in [0.15, 0.2) is 12.1 Å². The number of hydrogen-bond acceptors (Lipinski definition) is 4. The van der Waals surface area contributed by atoms with Crippen molar-refractivity contribution < 1.29 is 9.59 Å². The zero-order valence-corrected chi connectivity index (χ0v) is 11.7. The largest absolute Gasteiger partial charge is 0.355 e. The van der Waals surface area contributed by atoms with E-state index in [2.05, 4.69) is 5.32 Å². The summed E-state index contributed by atoms with van der Waals surface area (Å²) in [6, 6.07) is 3.17. The predicted molar refractivity (Wildman–Crippen MR) is 72.3 cm³/mol. The first-order valence-electron chi connectivity index (χ1n) is 5.88. The Hall–Kier alpha value is -0.910. The van der Waals surface area contributed by atoms with Gasteiger partial charge in [0.2, 0.25) is 5.91 Å². The SMILES string of the molecule is CC(C(=O)c1ccc(Cl)s1)N1CCCNC(=O)C1.